The molecule has 0 spiro atoms. The summed E-state index contributed by atoms with van der Waals surface area (Å²) in [6.45, 7) is 5.68. The van der Waals surface area contributed by atoms with Gasteiger partial charge in [-0.15, -0.1) is 0 Å². The summed E-state index contributed by atoms with van der Waals surface area (Å²) in [5.41, 5.74) is 5.60. The molecule has 0 radical (unpaired) electrons. The third-order valence-corrected chi connectivity index (χ3v) is 2.72. The number of hydrogen-bond donors (Lipinski definition) is 3. The number of amides is 1. The number of rotatable bonds is 6. The highest BCUT2D eigenvalue weighted by molar-refractivity contribution is 5.97. The lowest BCUT2D eigenvalue weighted by Crippen LogP contribution is -2.35. The second-order valence-electron chi connectivity index (χ2n) is 4.99. The van der Waals surface area contributed by atoms with Crippen LogP contribution in [0.1, 0.15) is 30.6 Å². The number of nitrogens with two attached hydrogens (primary N) is 1. The molecule has 0 saturated heterocycles. The van der Waals surface area contributed by atoms with Gasteiger partial charge in [-0.2, -0.15) is 0 Å². The van der Waals surface area contributed by atoms with Crippen LogP contribution in [0.3, 0.4) is 0 Å². The van der Waals surface area contributed by atoms with E-state index in [1.54, 1.807) is 4.90 Å². The zero-order valence-electron chi connectivity index (χ0n) is 11.5. The minimum absolute atomic E-state index is 0.0375. The summed E-state index contributed by atoms with van der Waals surface area (Å²) in [5.74, 6) is -0.120. The summed E-state index contributed by atoms with van der Waals surface area (Å²) >= 11 is 0. The van der Waals surface area contributed by atoms with Gasteiger partial charge in [-0.3, -0.25) is 4.79 Å². The molecule has 1 amide bonds. The highest BCUT2D eigenvalue weighted by atomic mass is 16.3. The van der Waals surface area contributed by atoms with Gasteiger partial charge in [-0.1, -0.05) is 13.8 Å². The van der Waals surface area contributed by atoms with Crippen LogP contribution in [-0.4, -0.2) is 40.7 Å². The van der Waals surface area contributed by atoms with Gasteiger partial charge in [0.1, 0.15) is 11.5 Å². The summed E-state index contributed by atoms with van der Waals surface area (Å²) in [4.78, 5) is 14.0. The molecule has 1 aromatic carbocycles. The maximum atomic E-state index is 12.4. The van der Waals surface area contributed by atoms with Crippen LogP contribution in [0.15, 0.2) is 18.2 Å². The van der Waals surface area contributed by atoms with Crippen molar-refractivity contribution >= 4 is 5.91 Å². The average molecular weight is 266 g/mol. The van der Waals surface area contributed by atoms with Crippen molar-refractivity contribution < 1.29 is 15.0 Å². The molecule has 0 aliphatic carbocycles. The third-order valence-electron chi connectivity index (χ3n) is 2.72. The normalized spacial score (nSPS) is 10.7. The summed E-state index contributed by atoms with van der Waals surface area (Å²) in [6, 6.07) is 3.95. The van der Waals surface area contributed by atoms with Crippen LogP contribution >= 0.6 is 0 Å². The molecule has 0 heterocycles. The third kappa shape index (κ3) is 4.44. The molecule has 0 aliphatic heterocycles. The Kier molecular flexibility index (Phi) is 5.63. The van der Waals surface area contributed by atoms with Crippen LogP contribution < -0.4 is 5.73 Å². The van der Waals surface area contributed by atoms with Crippen LogP contribution in [0.2, 0.25) is 0 Å². The Morgan fingerprint density at radius 1 is 1.37 bits per heavy atom. The van der Waals surface area contributed by atoms with E-state index in [0.29, 0.717) is 32.0 Å². The SMILES string of the molecule is CC(C)CN(CCCN)C(=O)c1cc(O)ccc1O. The molecule has 0 aromatic heterocycles. The van der Waals surface area contributed by atoms with Gasteiger partial charge in [-0.25, -0.2) is 0 Å². The molecule has 0 saturated carbocycles. The van der Waals surface area contributed by atoms with Crippen LogP contribution in [0, 0.1) is 5.92 Å². The lowest BCUT2D eigenvalue weighted by molar-refractivity contribution is 0.0731. The van der Waals surface area contributed by atoms with E-state index >= 15 is 0 Å². The molecule has 0 aliphatic rings. The fraction of sp³-hybridized carbons (Fsp3) is 0.500. The Morgan fingerprint density at radius 2 is 2.05 bits per heavy atom. The number of phenolic OH excluding ortho intramolecular Hbond substituents is 2. The highest BCUT2D eigenvalue weighted by Crippen LogP contribution is 2.23. The van der Waals surface area contributed by atoms with Gasteiger partial charge in [0.05, 0.1) is 5.56 Å². The van der Waals surface area contributed by atoms with E-state index in [2.05, 4.69) is 0 Å². The van der Waals surface area contributed by atoms with E-state index < -0.39 is 0 Å². The minimum atomic E-state index is -0.282. The minimum Gasteiger partial charge on any atom is -0.508 e. The molecule has 0 bridgehead atoms. The zero-order chi connectivity index (χ0) is 14.4. The lowest BCUT2D eigenvalue weighted by atomic mass is 10.1. The highest BCUT2D eigenvalue weighted by Gasteiger charge is 2.20. The van der Waals surface area contributed by atoms with E-state index in [-0.39, 0.29) is 23.0 Å². The quantitative estimate of drug-likeness (QED) is 0.682. The molecule has 5 heteroatoms. The van der Waals surface area contributed by atoms with Crippen molar-refractivity contribution in [2.45, 2.75) is 20.3 Å². The van der Waals surface area contributed by atoms with E-state index in [1.807, 2.05) is 13.8 Å². The number of aromatic hydroxyl groups is 2. The number of phenols is 2. The number of carbonyl (C=O) groups excluding carboxylic acids is 1. The summed E-state index contributed by atoms with van der Waals surface area (Å²) in [6.07, 6.45) is 0.706. The summed E-state index contributed by atoms with van der Waals surface area (Å²) < 4.78 is 0. The van der Waals surface area contributed by atoms with E-state index in [1.165, 1.54) is 18.2 Å². The molecule has 4 N–H and O–H groups in total. The Morgan fingerprint density at radius 3 is 2.63 bits per heavy atom. The molecule has 0 atom stereocenters. The van der Waals surface area contributed by atoms with Gasteiger partial charge < -0.3 is 20.8 Å². The van der Waals surface area contributed by atoms with Crippen LogP contribution in [-0.2, 0) is 0 Å². The van der Waals surface area contributed by atoms with Crippen molar-refractivity contribution in [3.63, 3.8) is 0 Å². The smallest absolute Gasteiger partial charge is 0.257 e. The van der Waals surface area contributed by atoms with E-state index in [0.717, 1.165) is 0 Å². The molecule has 5 nitrogen and oxygen atoms in total. The molecule has 0 unspecified atom stereocenters. The van der Waals surface area contributed by atoms with Gasteiger partial charge in [0, 0.05) is 13.1 Å². The molecule has 106 valence electrons. The van der Waals surface area contributed by atoms with Crippen molar-refractivity contribution in [3.8, 4) is 11.5 Å². The van der Waals surface area contributed by atoms with Crippen molar-refractivity contribution in [3.05, 3.63) is 23.8 Å². The molecular formula is C14H22N2O3. The standard InChI is InChI=1S/C14H22N2O3/c1-10(2)9-16(7-3-6-15)14(19)12-8-11(17)4-5-13(12)18/h4-5,8,10,17-18H,3,6-7,9,15H2,1-2H3. The average Bonchev–Trinajstić information content (AvgIpc) is 2.36. The molecule has 1 rings (SSSR count). The first kappa shape index (κ1) is 15.3. The maximum Gasteiger partial charge on any atom is 0.257 e. The number of benzene rings is 1. The van der Waals surface area contributed by atoms with Crippen LogP contribution in [0.25, 0.3) is 0 Å². The van der Waals surface area contributed by atoms with Crippen LogP contribution in [0.4, 0.5) is 0 Å². The number of carbonyl (C=O) groups is 1. The monoisotopic (exact) mass is 266 g/mol. The first-order chi connectivity index (χ1) is 8.95. The largest absolute Gasteiger partial charge is 0.508 e. The van der Waals surface area contributed by atoms with Gasteiger partial charge >= 0.3 is 0 Å². The van der Waals surface area contributed by atoms with Crippen molar-refractivity contribution in [2.24, 2.45) is 11.7 Å². The Hall–Kier alpha value is -1.75. The fourth-order valence-corrected chi connectivity index (χ4v) is 1.86. The fourth-order valence-electron chi connectivity index (χ4n) is 1.86. The lowest BCUT2D eigenvalue weighted by Gasteiger charge is -2.25. The first-order valence-corrected chi connectivity index (χ1v) is 6.47. The summed E-state index contributed by atoms with van der Waals surface area (Å²) in [5, 5.41) is 19.2. The Labute approximate surface area is 113 Å². The van der Waals surface area contributed by atoms with Gasteiger partial charge in [-0.05, 0) is 37.1 Å². The topological polar surface area (TPSA) is 86.8 Å². The van der Waals surface area contributed by atoms with Gasteiger partial charge in [0.25, 0.3) is 5.91 Å². The molecular weight excluding hydrogens is 244 g/mol. The maximum absolute atomic E-state index is 12.4. The van der Waals surface area contributed by atoms with Gasteiger partial charge in [0.15, 0.2) is 0 Å². The second-order valence-corrected chi connectivity index (χ2v) is 4.99. The number of hydrogen-bond acceptors (Lipinski definition) is 4. The number of nitrogens with zero attached hydrogens (tertiary/aromatic N) is 1. The Bertz CT molecular complexity index is 433. The molecule has 19 heavy (non-hydrogen) atoms. The van der Waals surface area contributed by atoms with Gasteiger partial charge in [0.2, 0.25) is 0 Å². The van der Waals surface area contributed by atoms with Crippen LogP contribution in [0.5, 0.6) is 11.5 Å². The predicted octanol–water partition coefficient (Wildman–Crippen LogP) is 1.54. The first-order valence-electron chi connectivity index (χ1n) is 6.47. The van der Waals surface area contributed by atoms with Crippen molar-refractivity contribution in [2.75, 3.05) is 19.6 Å². The van der Waals surface area contributed by atoms with Crippen molar-refractivity contribution in [1.29, 1.82) is 0 Å². The molecule has 1 aromatic rings. The zero-order valence-corrected chi connectivity index (χ0v) is 11.5. The Balaban J connectivity index is 2.93. The predicted molar refractivity (Wildman–Crippen MR) is 74.2 cm³/mol. The summed E-state index contributed by atoms with van der Waals surface area (Å²) in [7, 11) is 0. The van der Waals surface area contributed by atoms with E-state index in [9.17, 15) is 15.0 Å². The van der Waals surface area contributed by atoms with E-state index in [4.69, 9.17) is 5.73 Å². The molecule has 0 fully saturated rings. The second kappa shape index (κ2) is 6.99. The van der Waals surface area contributed by atoms with Crippen molar-refractivity contribution in [1.82, 2.24) is 4.90 Å².